The van der Waals surface area contributed by atoms with Crippen LogP contribution in [-0.2, 0) is 0 Å². The number of nitriles is 1. The Bertz CT molecular complexity index is 662. The van der Waals surface area contributed by atoms with Crippen molar-refractivity contribution in [2.45, 2.75) is 13.0 Å². The molecule has 0 saturated heterocycles. The Labute approximate surface area is 122 Å². The number of nitrogens with one attached hydrogen (secondary N) is 1. The topological polar surface area (TPSA) is 65.8 Å². The maximum atomic E-state index is 12.1. The van der Waals surface area contributed by atoms with Crippen LogP contribution in [0.25, 0.3) is 0 Å². The molecule has 0 aliphatic carbocycles. The molecule has 4 nitrogen and oxygen atoms in total. The van der Waals surface area contributed by atoms with E-state index in [2.05, 4.69) is 16.4 Å². The monoisotopic (exact) mass is 285 g/mol. The molecule has 1 unspecified atom stereocenters. The molecule has 5 heteroatoms. The molecule has 100 valence electrons. The van der Waals surface area contributed by atoms with Crippen molar-refractivity contribution in [3.8, 4) is 6.07 Å². The summed E-state index contributed by atoms with van der Waals surface area (Å²) in [6, 6.07) is 12.1. The van der Waals surface area contributed by atoms with Crippen LogP contribution < -0.4 is 5.32 Å². The van der Waals surface area contributed by atoms with E-state index in [1.165, 1.54) is 12.3 Å². The Morgan fingerprint density at radius 2 is 2.05 bits per heavy atom. The highest BCUT2D eigenvalue weighted by molar-refractivity contribution is 6.29. The first-order valence-electron chi connectivity index (χ1n) is 6.02. The molecule has 0 aliphatic rings. The van der Waals surface area contributed by atoms with Gasteiger partial charge in [0, 0.05) is 11.8 Å². The summed E-state index contributed by atoms with van der Waals surface area (Å²) in [5.41, 5.74) is 1.98. The number of aromatic nitrogens is 1. The summed E-state index contributed by atoms with van der Waals surface area (Å²) in [4.78, 5) is 15.9. The van der Waals surface area contributed by atoms with Crippen LogP contribution in [0.1, 0.15) is 34.5 Å². The number of halogens is 1. The van der Waals surface area contributed by atoms with Crippen molar-refractivity contribution in [1.29, 1.82) is 5.26 Å². The highest BCUT2D eigenvalue weighted by atomic mass is 35.5. The fourth-order valence-corrected chi connectivity index (χ4v) is 1.93. The number of pyridine rings is 1. The Hall–Kier alpha value is -2.38. The first-order chi connectivity index (χ1) is 9.60. The summed E-state index contributed by atoms with van der Waals surface area (Å²) in [7, 11) is 0. The molecule has 1 heterocycles. The van der Waals surface area contributed by atoms with Crippen molar-refractivity contribution in [2.75, 3.05) is 0 Å². The minimum atomic E-state index is -0.217. The molecule has 2 rings (SSSR count). The number of nitrogens with zero attached hydrogens (tertiary/aromatic N) is 2. The maximum absolute atomic E-state index is 12.1. The molecule has 0 spiro atoms. The van der Waals surface area contributed by atoms with Gasteiger partial charge in [0.05, 0.1) is 17.7 Å². The molecule has 0 radical (unpaired) electrons. The first kappa shape index (κ1) is 14.0. The molecule has 2 aromatic rings. The predicted molar refractivity (Wildman–Crippen MR) is 76.3 cm³/mol. The number of rotatable bonds is 3. The average Bonchev–Trinajstić information content (AvgIpc) is 2.47. The Kier molecular flexibility index (Phi) is 4.34. The zero-order valence-corrected chi connectivity index (χ0v) is 11.6. The van der Waals surface area contributed by atoms with E-state index in [1.807, 2.05) is 19.1 Å². The van der Waals surface area contributed by atoms with Crippen molar-refractivity contribution >= 4 is 17.5 Å². The predicted octanol–water partition coefficient (Wildman–Crippen LogP) is 3.10. The molecule has 1 atom stereocenters. The molecule has 0 saturated carbocycles. The van der Waals surface area contributed by atoms with E-state index in [-0.39, 0.29) is 17.1 Å². The summed E-state index contributed by atoms with van der Waals surface area (Å²) >= 11 is 5.75. The van der Waals surface area contributed by atoms with Gasteiger partial charge in [0.25, 0.3) is 5.91 Å². The molecule has 0 aliphatic heterocycles. The fourth-order valence-electron chi connectivity index (χ4n) is 1.75. The molecular weight excluding hydrogens is 274 g/mol. The van der Waals surface area contributed by atoms with Gasteiger partial charge in [0.1, 0.15) is 5.15 Å². The van der Waals surface area contributed by atoms with Crippen LogP contribution in [0.4, 0.5) is 0 Å². The van der Waals surface area contributed by atoms with Gasteiger partial charge in [-0.15, -0.1) is 0 Å². The highest BCUT2D eigenvalue weighted by Crippen LogP contribution is 2.14. The Morgan fingerprint density at radius 1 is 1.35 bits per heavy atom. The third-order valence-electron chi connectivity index (χ3n) is 2.88. The van der Waals surface area contributed by atoms with E-state index in [9.17, 15) is 4.79 Å². The fraction of sp³-hybridized carbons (Fsp3) is 0.133. The lowest BCUT2D eigenvalue weighted by Gasteiger charge is -2.14. The number of benzene rings is 1. The molecule has 20 heavy (non-hydrogen) atoms. The third kappa shape index (κ3) is 3.34. The van der Waals surface area contributed by atoms with Gasteiger partial charge < -0.3 is 5.32 Å². The van der Waals surface area contributed by atoms with Crippen molar-refractivity contribution in [3.63, 3.8) is 0 Å². The zero-order valence-electron chi connectivity index (χ0n) is 10.8. The van der Waals surface area contributed by atoms with E-state index in [4.69, 9.17) is 16.9 Å². The SMILES string of the molecule is CC(NC(=O)c1ccnc(Cl)c1)c1ccc(C#N)cc1. The Morgan fingerprint density at radius 3 is 2.65 bits per heavy atom. The van der Waals surface area contributed by atoms with E-state index in [1.54, 1.807) is 18.2 Å². The van der Waals surface area contributed by atoms with Crippen molar-refractivity contribution < 1.29 is 4.79 Å². The molecule has 1 aromatic heterocycles. The minimum Gasteiger partial charge on any atom is -0.346 e. The van der Waals surface area contributed by atoms with E-state index < -0.39 is 0 Å². The van der Waals surface area contributed by atoms with E-state index in [0.29, 0.717) is 11.1 Å². The highest BCUT2D eigenvalue weighted by Gasteiger charge is 2.11. The van der Waals surface area contributed by atoms with Gasteiger partial charge in [0.2, 0.25) is 0 Å². The van der Waals surface area contributed by atoms with Crippen LogP contribution in [0, 0.1) is 11.3 Å². The summed E-state index contributed by atoms with van der Waals surface area (Å²) in [5.74, 6) is -0.217. The van der Waals surface area contributed by atoms with E-state index in [0.717, 1.165) is 5.56 Å². The van der Waals surface area contributed by atoms with Gasteiger partial charge in [0.15, 0.2) is 0 Å². The summed E-state index contributed by atoms with van der Waals surface area (Å²) in [6.07, 6.45) is 1.49. The standard InChI is InChI=1S/C15H12ClN3O/c1-10(12-4-2-11(9-17)3-5-12)19-15(20)13-6-7-18-14(16)8-13/h2-8,10H,1H3,(H,19,20). The van der Waals surface area contributed by atoms with Gasteiger partial charge >= 0.3 is 0 Å². The number of amides is 1. The number of carbonyl (C=O) groups excluding carboxylic acids is 1. The van der Waals surface area contributed by atoms with Crippen LogP contribution in [0.5, 0.6) is 0 Å². The molecule has 0 fully saturated rings. The lowest BCUT2D eigenvalue weighted by Crippen LogP contribution is -2.26. The van der Waals surface area contributed by atoms with Gasteiger partial charge in [-0.05, 0) is 36.8 Å². The lowest BCUT2D eigenvalue weighted by atomic mass is 10.1. The number of hydrogen-bond donors (Lipinski definition) is 1. The van der Waals surface area contributed by atoms with Gasteiger partial charge in [-0.25, -0.2) is 4.98 Å². The summed E-state index contributed by atoms with van der Waals surface area (Å²) in [5, 5.41) is 11.9. The maximum Gasteiger partial charge on any atom is 0.251 e. The molecular formula is C15H12ClN3O. The van der Waals surface area contributed by atoms with Crippen LogP contribution in [-0.4, -0.2) is 10.9 Å². The normalized spacial score (nSPS) is 11.4. The van der Waals surface area contributed by atoms with Crippen molar-refractivity contribution in [1.82, 2.24) is 10.3 Å². The van der Waals surface area contributed by atoms with Crippen LogP contribution in [0.2, 0.25) is 5.15 Å². The molecule has 0 bridgehead atoms. The summed E-state index contributed by atoms with van der Waals surface area (Å²) in [6.45, 7) is 1.88. The molecule has 1 N–H and O–H groups in total. The zero-order chi connectivity index (χ0) is 14.5. The van der Waals surface area contributed by atoms with E-state index >= 15 is 0 Å². The molecule has 1 amide bonds. The van der Waals surface area contributed by atoms with Gasteiger partial charge in [-0.1, -0.05) is 23.7 Å². The third-order valence-corrected chi connectivity index (χ3v) is 3.08. The van der Waals surface area contributed by atoms with Crippen LogP contribution in [0.3, 0.4) is 0 Å². The molecule has 1 aromatic carbocycles. The quantitative estimate of drug-likeness (QED) is 0.881. The average molecular weight is 286 g/mol. The second-order valence-electron chi connectivity index (χ2n) is 4.30. The largest absolute Gasteiger partial charge is 0.346 e. The smallest absolute Gasteiger partial charge is 0.251 e. The van der Waals surface area contributed by atoms with Gasteiger partial charge in [-0.2, -0.15) is 5.26 Å². The number of carbonyl (C=O) groups is 1. The first-order valence-corrected chi connectivity index (χ1v) is 6.40. The van der Waals surface area contributed by atoms with Crippen LogP contribution in [0.15, 0.2) is 42.6 Å². The van der Waals surface area contributed by atoms with Crippen molar-refractivity contribution in [3.05, 3.63) is 64.4 Å². The second-order valence-corrected chi connectivity index (χ2v) is 4.68. The minimum absolute atomic E-state index is 0.165. The summed E-state index contributed by atoms with van der Waals surface area (Å²) < 4.78 is 0. The second kappa shape index (κ2) is 6.18. The number of hydrogen-bond acceptors (Lipinski definition) is 3. The Balaban J connectivity index is 2.09. The van der Waals surface area contributed by atoms with Crippen molar-refractivity contribution in [2.24, 2.45) is 0 Å². The van der Waals surface area contributed by atoms with Gasteiger partial charge in [-0.3, -0.25) is 4.79 Å². The van der Waals surface area contributed by atoms with Crippen LogP contribution >= 0.6 is 11.6 Å². The lowest BCUT2D eigenvalue weighted by molar-refractivity contribution is 0.0940.